The Balaban J connectivity index is 0.00000288. The predicted molar refractivity (Wildman–Crippen MR) is 96.8 cm³/mol. The van der Waals surface area contributed by atoms with E-state index in [1.54, 1.807) is 6.07 Å². The number of carbonyl (C=O) groups is 1. The number of hydrogen-bond donors (Lipinski definition) is 2. The van der Waals surface area contributed by atoms with Gasteiger partial charge in [0.1, 0.15) is 5.02 Å². The van der Waals surface area contributed by atoms with Gasteiger partial charge in [-0.05, 0) is 24.0 Å². The molecule has 1 aromatic rings. The summed E-state index contributed by atoms with van der Waals surface area (Å²) in [4.78, 5) is 24.5. The van der Waals surface area contributed by atoms with Crippen LogP contribution in [0, 0.1) is 15.5 Å². The molecule has 0 bridgehead atoms. The minimum Gasteiger partial charge on any atom is -0.327 e. The Bertz CT molecular complexity index is 625. The molecule has 1 amide bonds. The van der Waals surface area contributed by atoms with Crippen molar-refractivity contribution in [2.24, 2.45) is 11.1 Å². The van der Waals surface area contributed by atoms with Gasteiger partial charge in [-0.2, -0.15) is 0 Å². The van der Waals surface area contributed by atoms with Crippen LogP contribution in [0.4, 0.5) is 11.4 Å². The van der Waals surface area contributed by atoms with Gasteiger partial charge in [-0.3, -0.25) is 19.8 Å². The Hall–Kier alpha value is -1.41. The number of nitrogens with two attached hydrogens (primary N) is 1. The van der Waals surface area contributed by atoms with E-state index >= 15 is 0 Å². The lowest BCUT2D eigenvalue weighted by Gasteiger charge is -2.42. The van der Waals surface area contributed by atoms with Crippen molar-refractivity contribution in [1.82, 2.24) is 4.90 Å². The average molecular weight is 377 g/mol. The van der Waals surface area contributed by atoms with E-state index in [2.05, 4.69) is 19.2 Å². The van der Waals surface area contributed by atoms with Crippen molar-refractivity contribution in [3.8, 4) is 0 Å². The average Bonchev–Trinajstić information content (AvgIpc) is 2.44. The van der Waals surface area contributed by atoms with Crippen LogP contribution in [0.2, 0.25) is 5.02 Å². The molecule has 1 heterocycles. The zero-order valence-electron chi connectivity index (χ0n) is 13.6. The van der Waals surface area contributed by atoms with Crippen LogP contribution < -0.4 is 11.1 Å². The number of likely N-dealkylation sites (tertiary alicyclic amines) is 1. The highest BCUT2D eigenvalue weighted by molar-refractivity contribution is 6.32. The van der Waals surface area contributed by atoms with Gasteiger partial charge >= 0.3 is 0 Å². The first-order valence-electron chi connectivity index (χ1n) is 7.41. The monoisotopic (exact) mass is 376 g/mol. The fraction of sp³-hybridized carbons (Fsp3) is 0.533. The highest BCUT2D eigenvalue weighted by Gasteiger charge is 2.33. The van der Waals surface area contributed by atoms with Gasteiger partial charge in [-0.15, -0.1) is 12.4 Å². The topological polar surface area (TPSA) is 102 Å². The summed E-state index contributed by atoms with van der Waals surface area (Å²) >= 11 is 5.75. The number of nitrogens with one attached hydrogen (secondary N) is 1. The molecule has 1 fully saturated rings. The molecule has 0 radical (unpaired) electrons. The third kappa shape index (κ3) is 5.04. The largest absolute Gasteiger partial charge is 0.327 e. The first-order valence-corrected chi connectivity index (χ1v) is 7.78. The predicted octanol–water partition coefficient (Wildman–Crippen LogP) is 2.67. The number of anilines is 1. The van der Waals surface area contributed by atoms with E-state index in [0.717, 1.165) is 19.5 Å². The van der Waals surface area contributed by atoms with Crippen molar-refractivity contribution in [3.63, 3.8) is 0 Å². The van der Waals surface area contributed by atoms with Crippen LogP contribution in [0.1, 0.15) is 20.3 Å². The molecule has 3 N–H and O–H groups in total. The summed E-state index contributed by atoms with van der Waals surface area (Å²) in [7, 11) is 0. The van der Waals surface area contributed by atoms with Crippen LogP contribution in [-0.2, 0) is 4.79 Å². The summed E-state index contributed by atoms with van der Waals surface area (Å²) in [5, 5.41) is 13.6. The van der Waals surface area contributed by atoms with Crippen molar-refractivity contribution < 1.29 is 9.72 Å². The number of amides is 1. The number of benzene rings is 1. The van der Waals surface area contributed by atoms with Crippen LogP contribution in [-0.4, -0.2) is 41.4 Å². The summed E-state index contributed by atoms with van der Waals surface area (Å²) < 4.78 is 0. The Kier molecular flexibility index (Phi) is 6.97. The highest BCUT2D eigenvalue weighted by atomic mass is 35.5. The lowest BCUT2D eigenvalue weighted by atomic mass is 9.80. The molecule has 0 saturated carbocycles. The summed E-state index contributed by atoms with van der Waals surface area (Å²) in [5.74, 6) is -0.215. The third-order valence-electron chi connectivity index (χ3n) is 4.19. The molecular formula is C15H22Cl2N4O3. The molecule has 7 nitrogen and oxygen atoms in total. The summed E-state index contributed by atoms with van der Waals surface area (Å²) in [6, 6.07) is 4.33. The molecule has 9 heteroatoms. The number of nitro benzene ring substituents is 1. The quantitative estimate of drug-likeness (QED) is 0.621. The zero-order chi connectivity index (χ0) is 17.2. The number of nitrogens with zero attached hydrogens (tertiary/aromatic N) is 2. The van der Waals surface area contributed by atoms with E-state index in [9.17, 15) is 14.9 Å². The summed E-state index contributed by atoms with van der Waals surface area (Å²) in [6.07, 6.45) is 0.840. The van der Waals surface area contributed by atoms with Gasteiger partial charge in [-0.1, -0.05) is 25.4 Å². The van der Waals surface area contributed by atoms with E-state index in [4.69, 9.17) is 17.3 Å². The van der Waals surface area contributed by atoms with Crippen LogP contribution in [0.5, 0.6) is 0 Å². The first kappa shape index (κ1) is 20.6. The molecule has 1 aliphatic heterocycles. The zero-order valence-corrected chi connectivity index (χ0v) is 15.2. The standard InChI is InChI=1S/C15H21ClN4O3.ClH/c1-15(2)9-19(6-5-13(15)17)8-14(21)18-10-3-4-11(16)12(7-10)20(22)23;/h3-4,7,13H,5-6,8-9,17H2,1-2H3,(H,18,21);1H. The third-order valence-corrected chi connectivity index (χ3v) is 4.50. The summed E-state index contributed by atoms with van der Waals surface area (Å²) in [6.45, 7) is 5.91. The van der Waals surface area contributed by atoms with Crippen LogP contribution >= 0.6 is 24.0 Å². The van der Waals surface area contributed by atoms with Crippen molar-refractivity contribution in [2.45, 2.75) is 26.3 Å². The SMILES string of the molecule is CC1(C)CN(CC(=O)Nc2ccc(Cl)c([N+](=O)[O-])c2)CCC1N.Cl. The Morgan fingerprint density at radius 3 is 2.79 bits per heavy atom. The van der Waals surface area contributed by atoms with E-state index in [-0.39, 0.29) is 47.0 Å². The minimum absolute atomic E-state index is 0. The smallest absolute Gasteiger partial charge is 0.289 e. The normalized spacial score (nSPS) is 20.1. The van der Waals surface area contributed by atoms with Crippen LogP contribution in [0.15, 0.2) is 18.2 Å². The highest BCUT2D eigenvalue weighted by Crippen LogP contribution is 2.28. The number of rotatable bonds is 4. The van der Waals surface area contributed by atoms with Crippen molar-refractivity contribution in [1.29, 1.82) is 0 Å². The number of halogens is 2. The van der Waals surface area contributed by atoms with E-state index < -0.39 is 4.92 Å². The number of carbonyl (C=O) groups excluding carboxylic acids is 1. The number of piperidine rings is 1. The van der Waals surface area contributed by atoms with Crippen LogP contribution in [0.25, 0.3) is 0 Å². The molecule has 1 unspecified atom stereocenters. The molecule has 24 heavy (non-hydrogen) atoms. The molecule has 1 atom stereocenters. The van der Waals surface area contributed by atoms with E-state index in [0.29, 0.717) is 5.69 Å². The molecule has 1 saturated heterocycles. The molecule has 0 aliphatic carbocycles. The lowest BCUT2D eigenvalue weighted by Crippen LogP contribution is -2.53. The maximum Gasteiger partial charge on any atom is 0.289 e. The summed E-state index contributed by atoms with van der Waals surface area (Å²) in [5.41, 5.74) is 6.17. The minimum atomic E-state index is -0.577. The van der Waals surface area contributed by atoms with Crippen molar-refractivity contribution in [3.05, 3.63) is 33.3 Å². The maximum atomic E-state index is 12.2. The van der Waals surface area contributed by atoms with Gasteiger partial charge in [0.15, 0.2) is 0 Å². The van der Waals surface area contributed by atoms with Crippen LogP contribution in [0.3, 0.4) is 0 Å². The van der Waals surface area contributed by atoms with Crippen molar-refractivity contribution >= 4 is 41.3 Å². The molecule has 134 valence electrons. The second-order valence-corrected chi connectivity index (χ2v) is 6.97. The second kappa shape index (κ2) is 8.11. The molecule has 0 aromatic heterocycles. The van der Waals surface area contributed by atoms with Gasteiger partial charge in [0, 0.05) is 30.9 Å². The van der Waals surface area contributed by atoms with Gasteiger partial charge in [0.25, 0.3) is 5.69 Å². The second-order valence-electron chi connectivity index (χ2n) is 6.57. The van der Waals surface area contributed by atoms with Gasteiger partial charge < -0.3 is 11.1 Å². The maximum absolute atomic E-state index is 12.2. The fourth-order valence-corrected chi connectivity index (χ4v) is 2.94. The van der Waals surface area contributed by atoms with Gasteiger partial charge in [0.2, 0.25) is 5.91 Å². The number of hydrogen-bond acceptors (Lipinski definition) is 5. The molecule has 0 spiro atoms. The van der Waals surface area contributed by atoms with E-state index in [1.165, 1.54) is 12.1 Å². The molecule has 1 aromatic carbocycles. The molecule has 2 rings (SSSR count). The lowest BCUT2D eigenvalue weighted by molar-refractivity contribution is -0.384. The molecule has 1 aliphatic rings. The Labute approximate surface area is 152 Å². The van der Waals surface area contributed by atoms with E-state index in [1.807, 2.05) is 4.90 Å². The molecular weight excluding hydrogens is 355 g/mol. The number of nitro groups is 1. The Morgan fingerprint density at radius 2 is 2.21 bits per heavy atom. The first-order chi connectivity index (χ1) is 10.7. The fourth-order valence-electron chi connectivity index (χ4n) is 2.75. The van der Waals surface area contributed by atoms with Gasteiger partial charge in [0.05, 0.1) is 11.5 Å². The van der Waals surface area contributed by atoms with Crippen molar-refractivity contribution in [2.75, 3.05) is 25.0 Å². The van der Waals surface area contributed by atoms with Gasteiger partial charge in [-0.25, -0.2) is 0 Å². The Morgan fingerprint density at radius 1 is 1.54 bits per heavy atom.